The molecule has 5 nitrogen and oxygen atoms in total. The second kappa shape index (κ2) is 7.86. The van der Waals surface area contributed by atoms with Crippen LogP contribution in [0, 0.1) is 0 Å². The average Bonchev–Trinajstić information content (AvgIpc) is 2.54. The summed E-state index contributed by atoms with van der Waals surface area (Å²) in [5.41, 5.74) is 0.885. The van der Waals surface area contributed by atoms with Crippen molar-refractivity contribution in [2.45, 2.75) is 22.8 Å². The number of halogens is 1. The van der Waals surface area contributed by atoms with Crippen LogP contribution in [0.3, 0.4) is 0 Å². The second-order valence-electron chi connectivity index (χ2n) is 5.79. The highest BCUT2D eigenvalue weighted by molar-refractivity contribution is 7.91. The van der Waals surface area contributed by atoms with Crippen LogP contribution in [0.1, 0.15) is 18.5 Å². The van der Waals surface area contributed by atoms with E-state index < -0.39 is 19.7 Å². The fraction of sp³-hybridized carbons (Fsp3) is 0.294. The number of rotatable bonds is 7. The Balaban J connectivity index is 1.96. The fourth-order valence-electron chi connectivity index (χ4n) is 2.29. The van der Waals surface area contributed by atoms with Gasteiger partial charge in [0.2, 0.25) is 0 Å². The topological polar surface area (TPSA) is 80.3 Å². The highest BCUT2D eigenvalue weighted by Gasteiger charge is 2.15. The molecule has 0 spiro atoms. The van der Waals surface area contributed by atoms with Gasteiger partial charge in [-0.15, -0.1) is 0 Å². The number of benzene rings is 2. The summed E-state index contributed by atoms with van der Waals surface area (Å²) in [5.74, 6) is -0.0413. The van der Waals surface area contributed by atoms with Crippen molar-refractivity contribution < 1.29 is 16.8 Å². The molecule has 0 amide bonds. The Kier molecular flexibility index (Phi) is 6.26. The summed E-state index contributed by atoms with van der Waals surface area (Å²) < 4.78 is 47.5. The van der Waals surface area contributed by atoms with E-state index >= 15 is 0 Å². The molecule has 0 aliphatic heterocycles. The van der Waals surface area contributed by atoms with E-state index in [1.807, 2.05) is 6.92 Å². The van der Waals surface area contributed by atoms with Gasteiger partial charge in [-0.1, -0.05) is 23.7 Å². The van der Waals surface area contributed by atoms with Crippen molar-refractivity contribution in [1.82, 2.24) is 5.32 Å². The summed E-state index contributed by atoms with van der Waals surface area (Å²) >= 11 is 5.77. The predicted octanol–water partition coefficient (Wildman–Crippen LogP) is 2.87. The number of sulfone groups is 2. The van der Waals surface area contributed by atoms with Gasteiger partial charge in [-0.05, 0) is 48.9 Å². The molecule has 0 aromatic heterocycles. The van der Waals surface area contributed by atoms with Crippen molar-refractivity contribution in [1.29, 1.82) is 0 Å². The summed E-state index contributed by atoms with van der Waals surface area (Å²) in [5, 5.41) is 3.63. The van der Waals surface area contributed by atoms with Crippen molar-refractivity contribution in [2.24, 2.45) is 0 Å². The first-order valence-corrected chi connectivity index (χ1v) is 11.5. The zero-order valence-electron chi connectivity index (χ0n) is 13.9. The van der Waals surface area contributed by atoms with Gasteiger partial charge in [0.25, 0.3) is 0 Å². The van der Waals surface area contributed by atoms with Crippen LogP contribution in [0.4, 0.5) is 0 Å². The molecule has 2 aromatic carbocycles. The van der Waals surface area contributed by atoms with Crippen LogP contribution in [0.15, 0.2) is 58.3 Å². The van der Waals surface area contributed by atoms with E-state index in [-0.39, 0.29) is 28.1 Å². The maximum atomic E-state index is 12.3. The van der Waals surface area contributed by atoms with Gasteiger partial charge < -0.3 is 5.32 Å². The molecule has 0 fully saturated rings. The van der Waals surface area contributed by atoms with Crippen LogP contribution in [0.2, 0.25) is 5.02 Å². The van der Waals surface area contributed by atoms with E-state index in [9.17, 15) is 16.8 Å². The molecule has 136 valence electrons. The lowest BCUT2D eigenvalue weighted by molar-refractivity contribution is 0.571. The Morgan fingerprint density at radius 2 is 1.44 bits per heavy atom. The van der Waals surface area contributed by atoms with Gasteiger partial charge in [-0.25, -0.2) is 16.8 Å². The molecule has 1 atom stereocenters. The van der Waals surface area contributed by atoms with Crippen molar-refractivity contribution >= 4 is 31.3 Å². The van der Waals surface area contributed by atoms with Gasteiger partial charge in [-0.2, -0.15) is 0 Å². The predicted molar refractivity (Wildman–Crippen MR) is 99.5 cm³/mol. The normalized spacial score (nSPS) is 13.6. The van der Waals surface area contributed by atoms with E-state index in [1.165, 1.54) is 12.1 Å². The van der Waals surface area contributed by atoms with Gasteiger partial charge >= 0.3 is 0 Å². The summed E-state index contributed by atoms with van der Waals surface area (Å²) in [6.07, 6.45) is 1.16. The maximum Gasteiger partial charge on any atom is 0.179 e. The Morgan fingerprint density at radius 1 is 0.920 bits per heavy atom. The first-order valence-electron chi connectivity index (χ1n) is 7.61. The lowest BCUT2D eigenvalue weighted by Crippen LogP contribution is -2.25. The van der Waals surface area contributed by atoms with Crippen LogP contribution in [-0.2, 0) is 19.7 Å². The summed E-state index contributed by atoms with van der Waals surface area (Å²) in [6.45, 7) is 2.17. The minimum Gasteiger partial charge on any atom is -0.309 e. The van der Waals surface area contributed by atoms with Crippen molar-refractivity contribution in [2.75, 3.05) is 18.6 Å². The molecule has 0 bridgehead atoms. The molecule has 0 saturated heterocycles. The average molecular weight is 402 g/mol. The standard InChI is InChI=1S/C17H20ClNO4S2/c1-13(14-3-7-16(8-4-14)24(2,20)21)19-11-12-25(22,23)17-9-5-15(18)6-10-17/h3-10,13,19H,11-12H2,1-2H3. The Bertz CT molecular complexity index is 922. The van der Waals surface area contributed by atoms with Gasteiger partial charge in [0.15, 0.2) is 19.7 Å². The summed E-state index contributed by atoms with van der Waals surface area (Å²) in [7, 11) is -6.61. The molecular formula is C17H20ClNO4S2. The fourth-order valence-corrected chi connectivity index (χ4v) is 4.22. The quantitative estimate of drug-likeness (QED) is 0.771. The van der Waals surface area contributed by atoms with Crippen LogP contribution in [-0.4, -0.2) is 35.4 Å². The van der Waals surface area contributed by atoms with E-state index in [0.717, 1.165) is 11.8 Å². The smallest absolute Gasteiger partial charge is 0.179 e. The second-order valence-corrected chi connectivity index (χ2v) is 10.4. The van der Waals surface area contributed by atoms with Gasteiger partial charge in [0.1, 0.15) is 0 Å². The molecule has 25 heavy (non-hydrogen) atoms. The Hall–Kier alpha value is -1.41. The van der Waals surface area contributed by atoms with Gasteiger partial charge in [0, 0.05) is 23.9 Å². The number of hydrogen-bond donors (Lipinski definition) is 1. The zero-order valence-corrected chi connectivity index (χ0v) is 16.3. The highest BCUT2D eigenvalue weighted by atomic mass is 35.5. The molecule has 0 aliphatic carbocycles. The Morgan fingerprint density at radius 3 is 1.96 bits per heavy atom. The van der Waals surface area contributed by atoms with E-state index in [2.05, 4.69) is 5.32 Å². The maximum absolute atomic E-state index is 12.3. The first-order chi connectivity index (χ1) is 11.6. The van der Waals surface area contributed by atoms with Crippen LogP contribution >= 0.6 is 11.6 Å². The SMILES string of the molecule is CC(NCCS(=O)(=O)c1ccc(Cl)cc1)c1ccc(S(C)(=O)=O)cc1. The molecule has 1 unspecified atom stereocenters. The van der Waals surface area contributed by atoms with E-state index in [0.29, 0.717) is 5.02 Å². The van der Waals surface area contributed by atoms with E-state index in [4.69, 9.17) is 11.6 Å². The third-order valence-corrected chi connectivity index (χ3v) is 6.91. The lowest BCUT2D eigenvalue weighted by atomic mass is 10.1. The molecule has 0 radical (unpaired) electrons. The van der Waals surface area contributed by atoms with Crippen molar-refractivity contribution in [3.8, 4) is 0 Å². The zero-order chi connectivity index (χ0) is 18.7. The molecule has 8 heteroatoms. The molecule has 2 rings (SSSR count). The number of hydrogen-bond acceptors (Lipinski definition) is 5. The van der Waals surface area contributed by atoms with Crippen LogP contribution in [0.5, 0.6) is 0 Å². The monoisotopic (exact) mass is 401 g/mol. The summed E-state index contributed by atoms with van der Waals surface area (Å²) in [6, 6.07) is 12.5. The van der Waals surface area contributed by atoms with Crippen molar-refractivity contribution in [3.63, 3.8) is 0 Å². The molecule has 0 saturated carbocycles. The van der Waals surface area contributed by atoms with Crippen LogP contribution in [0.25, 0.3) is 0 Å². The number of nitrogens with one attached hydrogen (secondary N) is 1. The van der Waals surface area contributed by atoms with Crippen LogP contribution < -0.4 is 5.32 Å². The van der Waals surface area contributed by atoms with Gasteiger partial charge in [-0.3, -0.25) is 0 Å². The first kappa shape index (κ1) is 19.9. The summed E-state index contributed by atoms with van der Waals surface area (Å²) in [4.78, 5) is 0.498. The van der Waals surface area contributed by atoms with Crippen molar-refractivity contribution in [3.05, 3.63) is 59.1 Å². The lowest BCUT2D eigenvalue weighted by Gasteiger charge is -2.15. The molecule has 0 aliphatic rings. The molecule has 2 aromatic rings. The third kappa shape index (κ3) is 5.54. The van der Waals surface area contributed by atoms with E-state index in [1.54, 1.807) is 36.4 Å². The molecule has 1 N–H and O–H groups in total. The van der Waals surface area contributed by atoms with Gasteiger partial charge in [0.05, 0.1) is 15.5 Å². The minimum atomic E-state index is -3.38. The minimum absolute atomic E-state index is 0.0413. The highest BCUT2D eigenvalue weighted by Crippen LogP contribution is 2.17. The molecular weight excluding hydrogens is 382 g/mol. The largest absolute Gasteiger partial charge is 0.309 e. The Labute approximate surface area is 153 Å². The third-order valence-electron chi connectivity index (χ3n) is 3.80. The molecule has 0 heterocycles.